The smallest absolute Gasteiger partial charge is 0.187 e. The van der Waals surface area contributed by atoms with Gasteiger partial charge in [0.2, 0.25) is 0 Å². The molecule has 3 aromatic rings. The number of carbonyl (C=O) groups excluding carboxylic acids is 1. The first-order chi connectivity index (χ1) is 15.3. The Morgan fingerprint density at radius 3 is 2.12 bits per heavy atom. The van der Waals surface area contributed by atoms with E-state index in [0.717, 1.165) is 23.2 Å². The van der Waals surface area contributed by atoms with E-state index in [0.29, 0.717) is 29.8 Å². The van der Waals surface area contributed by atoms with Crippen molar-refractivity contribution in [3.05, 3.63) is 112 Å². The van der Waals surface area contributed by atoms with Crippen molar-refractivity contribution in [2.24, 2.45) is 0 Å². The van der Waals surface area contributed by atoms with Crippen LogP contribution in [0.1, 0.15) is 53.4 Å². The fraction of sp³-hybridized carbons (Fsp3) is 0.250. The van der Waals surface area contributed by atoms with Crippen molar-refractivity contribution in [3.63, 3.8) is 0 Å². The largest absolute Gasteiger partial charge is 0.294 e. The first-order valence-electron chi connectivity index (χ1n) is 10.6. The topological polar surface area (TPSA) is 48.5 Å². The molecule has 0 aliphatic carbocycles. The molecule has 0 saturated carbocycles. The van der Waals surface area contributed by atoms with Crippen LogP contribution in [0.2, 0.25) is 0 Å². The summed E-state index contributed by atoms with van der Waals surface area (Å²) >= 11 is 0. The SMILES string of the molecule is Cl.[C-]#[N+]c1ccc(CC(=O)c2cccc(CN(Cc3ccc(C#N)cc3)C(C)(C)C)c2)cc1. The highest BCUT2D eigenvalue weighted by molar-refractivity contribution is 5.97. The Kier molecular flexibility index (Phi) is 8.94. The van der Waals surface area contributed by atoms with E-state index < -0.39 is 0 Å². The number of hydrogen-bond donors (Lipinski definition) is 0. The van der Waals surface area contributed by atoms with E-state index in [-0.39, 0.29) is 23.7 Å². The normalized spacial score (nSPS) is 10.7. The molecule has 33 heavy (non-hydrogen) atoms. The lowest BCUT2D eigenvalue weighted by Crippen LogP contribution is -2.40. The molecule has 0 saturated heterocycles. The lowest BCUT2D eigenvalue weighted by Gasteiger charge is -2.36. The lowest BCUT2D eigenvalue weighted by atomic mass is 9.99. The fourth-order valence-corrected chi connectivity index (χ4v) is 3.47. The van der Waals surface area contributed by atoms with Gasteiger partial charge in [0, 0.05) is 30.6 Å². The Morgan fingerprint density at radius 1 is 0.939 bits per heavy atom. The van der Waals surface area contributed by atoms with Gasteiger partial charge in [0.1, 0.15) is 0 Å². The molecule has 4 nitrogen and oxygen atoms in total. The van der Waals surface area contributed by atoms with Gasteiger partial charge < -0.3 is 0 Å². The average Bonchev–Trinajstić information content (AvgIpc) is 2.79. The molecule has 0 bridgehead atoms. The highest BCUT2D eigenvalue weighted by Crippen LogP contribution is 2.22. The van der Waals surface area contributed by atoms with Crippen LogP contribution >= 0.6 is 12.4 Å². The summed E-state index contributed by atoms with van der Waals surface area (Å²) in [6, 6.07) is 24.9. The number of rotatable bonds is 7. The fourth-order valence-electron chi connectivity index (χ4n) is 3.47. The molecule has 0 unspecified atom stereocenters. The number of benzene rings is 3. The quantitative estimate of drug-likeness (QED) is 0.291. The zero-order valence-corrected chi connectivity index (χ0v) is 20.0. The van der Waals surface area contributed by atoms with Gasteiger partial charge in [-0.2, -0.15) is 5.26 Å². The zero-order valence-electron chi connectivity index (χ0n) is 19.2. The van der Waals surface area contributed by atoms with Gasteiger partial charge in [0.25, 0.3) is 0 Å². The molecular weight excluding hydrogens is 430 g/mol. The van der Waals surface area contributed by atoms with Crippen LogP contribution in [0.5, 0.6) is 0 Å². The third-order valence-corrected chi connectivity index (χ3v) is 5.46. The van der Waals surface area contributed by atoms with Gasteiger partial charge >= 0.3 is 0 Å². The average molecular weight is 458 g/mol. The van der Waals surface area contributed by atoms with Crippen molar-refractivity contribution in [2.75, 3.05) is 0 Å². The number of hydrogen-bond acceptors (Lipinski definition) is 3. The maximum atomic E-state index is 12.9. The van der Waals surface area contributed by atoms with E-state index >= 15 is 0 Å². The van der Waals surface area contributed by atoms with Crippen molar-refractivity contribution in [1.82, 2.24) is 4.90 Å². The number of carbonyl (C=O) groups is 1. The molecule has 0 spiro atoms. The van der Waals surface area contributed by atoms with Gasteiger partial charge in [0.05, 0.1) is 18.2 Å². The molecule has 0 aliphatic rings. The summed E-state index contributed by atoms with van der Waals surface area (Å²) in [4.78, 5) is 18.6. The number of Topliss-reactive ketones (excluding diaryl/α,β-unsaturated/α-hetero) is 1. The van der Waals surface area contributed by atoms with Crippen molar-refractivity contribution < 1.29 is 4.79 Å². The van der Waals surface area contributed by atoms with E-state index in [2.05, 4.69) is 42.7 Å². The summed E-state index contributed by atoms with van der Waals surface area (Å²) in [5.41, 5.74) is 5.00. The minimum Gasteiger partial charge on any atom is -0.294 e. The monoisotopic (exact) mass is 457 g/mol. The highest BCUT2D eigenvalue weighted by Gasteiger charge is 2.22. The predicted octanol–water partition coefficient (Wildman–Crippen LogP) is 6.76. The van der Waals surface area contributed by atoms with Crippen molar-refractivity contribution in [1.29, 1.82) is 5.26 Å². The van der Waals surface area contributed by atoms with Gasteiger partial charge in [-0.05, 0) is 55.7 Å². The lowest BCUT2D eigenvalue weighted by molar-refractivity contribution is 0.0992. The summed E-state index contributed by atoms with van der Waals surface area (Å²) in [5.74, 6) is 0.0665. The minimum absolute atomic E-state index is 0. The van der Waals surface area contributed by atoms with E-state index in [1.165, 1.54) is 0 Å². The zero-order chi connectivity index (χ0) is 23.1. The number of nitriles is 1. The van der Waals surface area contributed by atoms with E-state index in [9.17, 15) is 4.79 Å². The van der Waals surface area contributed by atoms with Crippen molar-refractivity contribution >= 4 is 23.9 Å². The maximum Gasteiger partial charge on any atom is 0.187 e. The third kappa shape index (κ3) is 7.29. The Labute approximate surface area is 202 Å². The van der Waals surface area contributed by atoms with Gasteiger partial charge in [-0.25, -0.2) is 4.85 Å². The Bertz CT molecular complexity index is 1160. The van der Waals surface area contributed by atoms with E-state index in [4.69, 9.17) is 11.8 Å². The molecule has 168 valence electrons. The van der Waals surface area contributed by atoms with Gasteiger partial charge in [-0.1, -0.05) is 54.6 Å². The minimum atomic E-state index is -0.0709. The molecule has 0 heterocycles. The standard InChI is InChI=1S/C28H27N3O.ClH/c1-28(2,3)31(19-23-10-8-22(18-29)9-11-23)20-24-6-5-7-25(16-24)27(32)17-21-12-14-26(30-4)15-13-21;/h5-16H,17,19-20H2,1-3H3;1H. The maximum absolute atomic E-state index is 12.9. The summed E-state index contributed by atoms with van der Waals surface area (Å²) in [5, 5.41) is 9.02. The first-order valence-corrected chi connectivity index (χ1v) is 10.6. The summed E-state index contributed by atoms with van der Waals surface area (Å²) in [6.45, 7) is 15.0. The number of halogens is 1. The second kappa shape index (κ2) is 11.4. The van der Waals surface area contributed by atoms with Crippen molar-refractivity contribution in [3.8, 4) is 6.07 Å². The molecule has 0 radical (unpaired) electrons. The molecule has 0 aromatic heterocycles. The Balaban J connectivity index is 0.00000385. The molecule has 3 rings (SSSR count). The van der Waals surface area contributed by atoms with Crippen LogP contribution in [0.4, 0.5) is 5.69 Å². The van der Waals surface area contributed by atoms with Crippen molar-refractivity contribution in [2.45, 2.75) is 45.8 Å². The molecular formula is C28H28ClN3O. The van der Waals surface area contributed by atoms with Crippen LogP contribution in [0.15, 0.2) is 72.8 Å². The molecule has 0 N–H and O–H groups in total. The molecule has 0 amide bonds. The van der Waals surface area contributed by atoms with Gasteiger partial charge in [-0.15, -0.1) is 12.4 Å². The summed E-state index contributed by atoms with van der Waals surface area (Å²) < 4.78 is 0. The molecule has 3 aromatic carbocycles. The van der Waals surface area contributed by atoms with Crippen LogP contribution in [-0.4, -0.2) is 16.2 Å². The van der Waals surface area contributed by atoms with Crippen LogP contribution in [0.3, 0.4) is 0 Å². The second-order valence-electron chi connectivity index (χ2n) is 8.91. The molecule has 0 atom stereocenters. The second-order valence-corrected chi connectivity index (χ2v) is 8.91. The summed E-state index contributed by atoms with van der Waals surface area (Å²) in [7, 11) is 0. The molecule has 5 heteroatoms. The van der Waals surface area contributed by atoms with Crippen LogP contribution in [0.25, 0.3) is 4.85 Å². The van der Waals surface area contributed by atoms with E-state index in [1.54, 1.807) is 12.1 Å². The highest BCUT2D eigenvalue weighted by atomic mass is 35.5. The first kappa shape index (κ1) is 25.8. The predicted molar refractivity (Wildman–Crippen MR) is 135 cm³/mol. The third-order valence-electron chi connectivity index (χ3n) is 5.46. The molecule has 0 fully saturated rings. The summed E-state index contributed by atoms with van der Waals surface area (Å²) in [6.07, 6.45) is 0.315. The molecule has 0 aliphatic heterocycles. The Morgan fingerprint density at radius 2 is 1.55 bits per heavy atom. The van der Waals surface area contributed by atoms with Gasteiger partial charge in [-0.3, -0.25) is 9.69 Å². The Hall–Kier alpha value is -3.44. The van der Waals surface area contributed by atoms with Gasteiger partial charge in [0.15, 0.2) is 11.5 Å². The number of ketones is 1. The van der Waals surface area contributed by atoms with Crippen LogP contribution in [0, 0.1) is 17.9 Å². The van der Waals surface area contributed by atoms with Crippen LogP contribution < -0.4 is 0 Å². The number of nitrogens with zero attached hydrogens (tertiary/aromatic N) is 3. The van der Waals surface area contributed by atoms with Crippen LogP contribution in [-0.2, 0) is 19.5 Å². The van der Waals surface area contributed by atoms with E-state index in [1.807, 2.05) is 54.6 Å².